The fraction of sp³-hybridized carbons (Fsp3) is 0.296. The molecule has 3 aromatic rings. The number of hydrogen-bond donors (Lipinski definition) is 2. The number of carbonyl (C=O) groups is 1. The lowest BCUT2D eigenvalue weighted by atomic mass is 9.69. The van der Waals surface area contributed by atoms with Crippen molar-refractivity contribution in [2.45, 2.75) is 43.5 Å². The summed E-state index contributed by atoms with van der Waals surface area (Å²) in [5.74, 6) is 2.01. The summed E-state index contributed by atoms with van der Waals surface area (Å²) in [4.78, 5) is 34.6. The van der Waals surface area contributed by atoms with Crippen molar-refractivity contribution in [2.24, 2.45) is 5.41 Å². The Morgan fingerprint density at radius 3 is 2.69 bits per heavy atom. The molecule has 6 rings (SSSR count). The molecule has 0 saturated carbocycles. The van der Waals surface area contributed by atoms with E-state index < -0.39 is 5.92 Å². The highest BCUT2D eigenvalue weighted by molar-refractivity contribution is 7.98. The van der Waals surface area contributed by atoms with E-state index in [2.05, 4.69) is 24.1 Å². The highest BCUT2D eigenvalue weighted by Gasteiger charge is 2.42. The molecule has 2 aliphatic heterocycles. The Hall–Kier alpha value is -3.52. The number of thioether (sulfide) groups is 1. The lowest BCUT2D eigenvalue weighted by molar-refractivity contribution is -0.118. The Bertz CT molecular complexity index is 1430. The molecule has 0 fully saturated rings. The van der Waals surface area contributed by atoms with Crippen molar-refractivity contribution in [1.29, 1.82) is 0 Å². The minimum Gasteiger partial charge on any atom is -0.454 e. The van der Waals surface area contributed by atoms with Gasteiger partial charge in [-0.15, -0.1) is 0 Å². The smallest absolute Gasteiger partial charge is 0.257 e. The standard InChI is InChI=1S/C27H25N3O4S/c1-27(2)11-17-22(18(31)12-27)21(16-8-9-19-20(10-16)34-14-33-19)23-24(28-17)29-26(30-25(23)32)35-13-15-6-4-3-5-7-15/h3-10,21H,11-14H2,1-2H3,(H2,28,29,30,32). The molecule has 2 N–H and O–H groups in total. The SMILES string of the molecule is CC1(C)CC(=O)C2=C(C1)Nc1nc(SCc3ccccc3)[nH]c(=O)c1C2c1ccc2c(c1)OCO2. The Kier molecular flexibility index (Phi) is 5.21. The third-order valence-electron chi connectivity index (χ3n) is 6.65. The number of allylic oxidation sites excluding steroid dienone is 2. The molecule has 0 spiro atoms. The number of aromatic amines is 1. The molecule has 3 aliphatic rings. The van der Waals surface area contributed by atoms with Gasteiger partial charge in [-0.25, -0.2) is 4.98 Å². The van der Waals surface area contributed by atoms with E-state index in [-0.39, 0.29) is 23.6 Å². The number of fused-ring (bicyclic) bond motifs is 2. The van der Waals surface area contributed by atoms with E-state index in [1.165, 1.54) is 11.8 Å². The zero-order valence-corrected chi connectivity index (χ0v) is 20.3. The van der Waals surface area contributed by atoms with Crippen molar-refractivity contribution < 1.29 is 14.3 Å². The summed E-state index contributed by atoms with van der Waals surface area (Å²) in [5, 5.41) is 3.92. The van der Waals surface area contributed by atoms with Crippen LogP contribution in [0.4, 0.5) is 5.82 Å². The normalized spacial score (nSPS) is 19.7. The summed E-state index contributed by atoms with van der Waals surface area (Å²) in [6, 6.07) is 15.7. The van der Waals surface area contributed by atoms with Crippen LogP contribution in [0.2, 0.25) is 0 Å². The summed E-state index contributed by atoms with van der Waals surface area (Å²) < 4.78 is 11.1. The Morgan fingerprint density at radius 1 is 1.06 bits per heavy atom. The first kappa shape index (κ1) is 22.0. The van der Waals surface area contributed by atoms with Gasteiger partial charge in [-0.3, -0.25) is 9.59 Å². The fourth-order valence-corrected chi connectivity index (χ4v) is 5.93. The van der Waals surface area contributed by atoms with Gasteiger partial charge in [-0.1, -0.05) is 62.0 Å². The topological polar surface area (TPSA) is 93.3 Å². The lowest BCUT2D eigenvalue weighted by Crippen LogP contribution is -2.37. The van der Waals surface area contributed by atoms with E-state index in [1.54, 1.807) is 0 Å². The number of anilines is 1. The van der Waals surface area contributed by atoms with Crippen LogP contribution in [0.5, 0.6) is 11.5 Å². The third-order valence-corrected chi connectivity index (χ3v) is 7.59. The number of carbonyl (C=O) groups excluding carboxylic acids is 1. The number of rotatable bonds is 4. The number of H-pyrrole nitrogens is 1. The molecule has 8 heteroatoms. The Morgan fingerprint density at radius 2 is 1.86 bits per heavy atom. The van der Waals surface area contributed by atoms with Crippen molar-refractivity contribution in [1.82, 2.24) is 9.97 Å². The van der Waals surface area contributed by atoms with Gasteiger partial charge in [0, 0.05) is 29.4 Å². The zero-order chi connectivity index (χ0) is 24.2. The van der Waals surface area contributed by atoms with Crippen LogP contribution in [0.1, 0.15) is 49.3 Å². The molecule has 2 aromatic carbocycles. The van der Waals surface area contributed by atoms with Gasteiger partial charge in [0.15, 0.2) is 22.4 Å². The summed E-state index contributed by atoms with van der Waals surface area (Å²) >= 11 is 1.48. The zero-order valence-electron chi connectivity index (χ0n) is 19.5. The number of nitrogens with one attached hydrogen (secondary N) is 2. The van der Waals surface area contributed by atoms with Gasteiger partial charge in [0.2, 0.25) is 6.79 Å². The maximum atomic E-state index is 13.5. The average Bonchev–Trinajstić information content (AvgIpc) is 3.29. The predicted molar refractivity (Wildman–Crippen MR) is 134 cm³/mol. The van der Waals surface area contributed by atoms with E-state index in [4.69, 9.17) is 14.5 Å². The first-order chi connectivity index (χ1) is 16.9. The summed E-state index contributed by atoms with van der Waals surface area (Å²) in [6.07, 6.45) is 1.13. The molecular weight excluding hydrogens is 462 g/mol. The van der Waals surface area contributed by atoms with Crippen LogP contribution in [0, 0.1) is 5.41 Å². The summed E-state index contributed by atoms with van der Waals surface area (Å²) in [7, 11) is 0. The highest BCUT2D eigenvalue weighted by atomic mass is 32.2. The van der Waals surface area contributed by atoms with Gasteiger partial charge >= 0.3 is 0 Å². The predicted octanol–water partition coefficient (Wildman–Crippen LogP) is 4.99. The lowest BCUT2D eigenvalue weighted by Gasteiger charge is -2.38. The van der Waals surface area contributed by atoms with Crippen molar-refractivity contribution in [3.05, 3.63) is 86.8 Å². The van der Waals surface area contributed by atoms with Crippen LogP contribution in [0.3, 0.4) is 0 Å². The van der Waals surface area contributed by atoms with Gasteiger partial charge in [0.1, 0.15) is 5.82 Å². The van der Waals surface area contributed by atoms with E-state index in [0.717, 1.165) is 16.8 Å². The van der Waals surface area contributed by atoms with E-state index in [9.17, 15) is 9.59 Å². The molecule has 35 heavy (non-hydrogen) atoms. The maximum absolute atomic E-state index is 13.5. The molecule has 0 bridgehead atoms. The number of nitrogens with zero attached hydrogens (tertiary/aromatic N) is 1. The molecule has 0 amide bonds. The molecular formula is C27H25N3O4S. The van der Waals surface area contributed by atoms with Crippen LogP contribution in [-0.2, 0) is 10.5 Å². The Labute approximate surface area is 207 Å². The number of Topliss-reactive ketones (excluding diaryl/α,β-unsaturated/α-hetero) is 1. The molecule has 3 heterocycles. The average molecular weight is 488 g/mol. The van der Waals surface area contributed by atoms with Crippen LogP contribution in [0.25, 0.3) is 0 Å². The largest absolute Gasteiger partial charge is 0.454 e. The van der Waals surface area contributed by atoms with Gasteiger partial charge in [0.05, 0.1) is 5.56 Å². The minimum absolute atomic E-state index is 0.0546. The van der Waals surface area contributed by atoms with Crippen LogP contribution < -0.4 is 20.3 Å². The summed E-state index contributed by atoms with van der Waals surface area (Å²) in [6.45, 7) is 4.34. The van der Waals surface area contributed by atoms with Crippen molar-refractivity contribution >= 4 is 23.4 Å². The van der Waals surface area contributed by atoms with Gasteiger partial charge in [-0.2, -0.15) is 0 Å². The second-order valence-electron chi connectivity index (χ2n) is 9.91. The van der Waals surface area contributed by atoms with Gasteiger partial charge in [-0.05, 0) is 35.1 Å². The van der Waals surface area contributed by atoms with Crippen LogP contribution in [0.15, 0.2) is 69.8 Å². The molecule has 178 valence electrons. The van der Waals surface area contributed by atoms with E-state index in [1.807, 2.05) is 48.5 Å². The second-order valence-corrected chi connectivity index (χ2v) is 10.9. The molecule has 1 aliphatic carbocycles. The Balaban J connectivity index is 1.45. The number of hydrogen-bond acceptors (Lipinski definition) is 7. The molecule has 0 radical (unpaired) electrons. The van der Waals surface area contributed by atoms with E-state index >= 15 is 0 Å². The minimum atomic E-state index is -0.524. The number of ether oxygens (including phenoxy) is 2. The summed E-state index contributed by atoms with van der Waals surface area (Å²) in [5.41, 5.74) is 3.49. The fourth-order valence-electron chi connectivity index (χ4n) is 5.11. The van der Waals surface area contributed by atoms with Gasteiger partial charge < -0.3 is 19.8 Å². The molecule has 1 atom stereocenters. The van der Waals surface area contributed by atoms with E-state index in [0.29, 0.717) is 52.2 Å². The first-order valence-electron chi connectivity index (χ1n) is 11.6. The second kappa shape index (κ2) is 8.30. The molecule has 1 aromatic heterocycles. The first-order valence-corrected chi connectivity index (χ1v) is 12.6. The van der Waals surface area contributed by atoms with Gasteiger partial charge in [0.25, 0.3) is 5.56 Å². The molecule has 7 nitrogen and oxygen atoms in total. The molecule has 0 saturated heterocycles. The van der Waals surface area contributed by atoms with Crippen LogP contribution >= 0.6 is 11.8 Å². The monoisotopic (exact) mass is 487 g/mol. The molecule has 1 unspecified atom stereocenters. The third kappa shape index (κ3) is 4.01. The van der Waals surface area contributed by atoms with Crippen molar-refractivity contribution in [2.75, 3.05) is 12.1 Å². The highest BCUT2D eigenvalue weighted by Crippen LogP contribution is 2.49. The van der Waals surface area contributed by atoms with Crippen LogP contribution in [-0.4, -0.2) is 22.5 Å². The quantitative estimate of drug-likeness (QED) is 0.395. The number of ketones is 1. The van der Waals surface area contributed by atoms with Crippen molar-refractivity contribution in [3.8, 4) is 11.5 Å². The maximum Gasteiger partial charge on any atom is 0.257 e. The number of benzene rings is 2. The number of aromatic nitrogens is 2. The van der Waals surface area contributed by atoms with Crippen molar-refractivity contribution in [3.63, 3.8) is 0 Å².